The maximum Gasteiger partial charge on any atom is 0.223 e. The number of hydrogen-bond acceptors (Lipinski definition) is 2. The van der Waals surface area contributed by atoms with Crippen LogP contribution in [-0.2, 0) is 4.79 Å². The first kappa shape index (κ1) is 13.8. The summed E-state index contributed by atoms with van der Waals surface area (Å²) in [6.07, 6.45) is 13.1. The molecule has 4 aliphatic carbocycles. The van der Waals surface area contributed by atoms with E-state index < -0.39 is 0 Å². The van der Waals surface area contributed by atoms with E-state index in [0.29, 0.717) is 23.4 Å². The molecule has 4 saturated carbocycles. The lowest BCUT2D eigenvalue weighted by atomic mass is 9.49. The quantitative estimate of drug-likeness (QED) is 0.850. The van der Waals surface area contributed by atoms with Gasteiger partial charge in [0.05, 0.1) is 0 Å². The fourth-order valence-electron chi connectivity index (χ4n) is 7.31. The lowest BCUT2D eigenvalue weighted by molar-refractivity contribution is -0.142. The van der Waals surface area contributed by atoms with Gasteiger partial charge in [0.25, 0.3) is 0 Å². The van der Waals surface area contributed by atoms with Crippen molar-refractivity contribution in [1.82, 2.24) is 10.2 Å². The highest BCUT2D eigenvalue weighted by atomic mass is 16.2. The van der Waals surface area contributed by atoms with Gasteiger partial charge in [0.1, 0.15) is 0 Å². The molecule has 0 aromatic carbocycles. The highest BCUT2D eigenvalue weighted by Crippen LogP contribution is 2.61. The van der Waals surface area contributed by atoms with Crippen LogP contribution in [0.5, 0.6) is 0 Å². The number of nitrogens with zero attached hydrogens (tertiary/aromatic N) is 1. The summed E-state index contributed by atoms with van der Waals surface area (Å²) in [5.41, 5.74) is 0.408. The molecule has 0 aromatic rings. The van der Waals surface area contributed by atoms with Crippen molar-refractivity contribution in [2.24, 2.45) is 23.2 Å². The van der Waals surface area contributed by atoms with Crippen LogP contribution in [0.4, 0.5) is 0 Å². The first-order valence-electron chi connectivity index (χ1n) is 9.73. The summed E-state index contributed by atoms with van der Waals surface area (Å²) in [5, 5.41) is 3.53. The van der Waals surface area contributed by atoms with Crippen molar-refractivity contribution in [2.75, 3.05) is 13.1 Å². The van der Waals surface area contributed by atoms with Crippen molar-refractivity contribution in [3.8, 4) is 0 Å². The molecule has 6 bridgehead atoms. The predicted molar refractivity (Wildman–Crippen MR) is 86.4 cm³/mol. The van der Waals surface area contributed by atoms with Gasteiger partial charge >= 0.3 is 0 Å². The number of amides is 1. The van der Waals surface area contributed by atoms with Crippen LogP contribution in [0.1, 0.15) is 64.2 Å². The van der Waals surface area contributed by atoms with E-state index in [2.05, 4.69) is 10.2 Å². The topological polar surface area (TPSA) is 32.3 Å². The largest absolute Gasteiger partial charge is 0.335 e. The summed E-state index contributed by atoms with van der Waals surface area (Å²) in [7, 11) is 0. The second-order valence-electron chi connectivity index (χ2n) is 9.27. The van der Waals surface area contributed by atoms with Crippen LogP contribution >= 0.6 is 0 Å². The molecule has 6 aliphatic rings. The first-order valence-corrected chi connectivity index (χ1v) is 9.73. The van der Waals surface area contributed by atoms with E-state index in [4.69, 9.17) is 0 Å². The minimum Gasteiger partial charge on any atom is -0.335 e. The van der Waals surface area contributed by atoms with Crippen LogP contribution in [0.15, 0.2) is 0 Å². The Bertz CT molecular complexity index is 425. The molecule has 6 fully saturated rings. The van der Waals surface area contributed by atoms with Gasteiger partial charge in [-0.2, -0.15) is 0 Å². The van der Waals surface area contributed by atoms with Crippen molar-refractivity contribution in [1.29, 1.82) is 0 Å². The fourth-order valence-corrected chi connectivity index (χ4v) is 7.31. The van der Waals surface area contributed by atoms with Gasteiger partial charge in [-0.25, -0.2) is 0 Å². The number of fused-ring (bicyclic) bond motifs is 2. The van der Waals surface area contributed by atoms with E-state index in [1.807, 2.05) is 0 Å². The Morgan fingerprint density at radius 3 is 2.27 bits per heavy atom. The van der Waals surface area contributed by atoms with Crippen LogP contribution < -0.4 is 5.32 Å². The zero-order chi connectivity index (χ0) is 14.7. The summed E-state index contributed by atoms with van der Waals surface area (Å²) in [6.45, 7) is 2.13. The van der Waals surface area contributed by atoms with Crippen LogP contribution in [0.25, 0.3) is 0 Å². The Kier molecular flexibility index (Phi) is 3.12. The molecule has 122 valence electrons. The molecule has 2 heterocycles. The Labute approximate surface area is 134 Å². The summed E-state index contributed by atoms with van der Waals surface area (Å²) >= 11 is 0. The molecular weight excluding hydrogens is 272 g/mol. The lowest BCUT2D eigenvalue weighted by Crippen LogP contribution is -2.50. The zero-order valence-electron chi connectivity index (χ0n) is 13.7. The molecule has 3 heteroatoms. The van der Waals surface area contributed by atoms with Gasteiger partial charge in [-0.1, -0.05) is 0 Å². The molecule has 0 spiro atoms. The molecule has 22 heavy (non-hydrogen) atoms. The summed E-state index contributed by atoms with van der Waals surface area (Å²) < 4.78 is 0. The first-order chi connectivity index (χ1) is 10.7. The van der Waals surface area contributed by atoms with Gasteiger partial charge in [-0.15, -0.1) is 0 Å². The highest BCUT2D eigenvalue weighted by Gasteiger charge is 2.52. The maximum absolute atomic E-state index is 13.2. The molecule has 0 aromatic heterocycles. The van der Waals surface area contributed by atoms with Crippen LogP contribution in [0, 0.1) is 23.2 Å². The normalized spacial score (nSPS) is 49.5. The van der Waals surface area contributed by atoms with E-state index in [1.54, 1.807) is 0 Å². The van der Waals surface area contributed by atoms with Crippen LogP contribution in [0.2, 0.25) is 0 Å². The van der Waals surface area contributed by atoms with Gasteiger partial charge in [0.15, 0.2) is 0 Å². The molecule has 6 rings (SSSR count). The Morgan fingerprint density at radius 2 is 1.59 bits per heavy atom. The third-order valence-electron chi connectivity index (χ3n) is 7.63. The van der Waals surface area contributed by atoms with Crippen molar-refractivity contribution in [2.45, 2.75) is 76.3 Å². The molecule has 1 N–H and O–H groups in total. The van der Waals surface area contributed by atoms with Gasteiger partial charge in [0, 0.05) is 25.0 Å². The van der Waals surface area contributed by atoms with Gasteiger partial charge in [-0.05, 0) is 87.5 Å². The van der Waals surface area contributed by atoms with Crippen molar-refractivity contribution < 1.29 is 4.79 Å². The fraction of sp³-hybridized carbons (Fsp3) is 0.947. The van der Waals surface area contributed by atoms with Gasteiger partial charge in [0.2, 0.25) is 5.91 Å². The second kappa shape index (κ2) is 4.96. The molecular formula is C19H30N2O. The molecule has 2 saturated heterocycles. The van der Waals surface area contributed by atoms with E-state index in [1.165, 1.54) is 57.8 Å². The molecule has 2 atom stereocenters. The minimum absolute atomic E-state index is 0.408. The zero-order valence-corrected chi connectivity index (χ0v) is 13.7. The predicted octanol–water partition coefficient (Wildman–Crippen LogP) is 2.95. The van der Waals surface area contributed by atoms with Gasteiger partial charge < -0.3 is 10.2 Å². The Morgan fingerprint density at radius 1 is 0.955 bits per heavy atom. The third-order valence-corrected chi connectivity index (χ3v) is 7.63. The smallest absolute Gasteiger partial charge is 0.223 e. The van der Waals surface area contributed by atoms with E-state index in [-0.39, 0.29) is 0 Å². The Hall–Kier alpha value is -0.570. The van der Waals surface area contributed by atoms with Crippen molar-refractivity contribution >= 4 is 5.91 Å². The lowest BCUT2D eigenvalue weighted by Gasteiger charge is -2.57. The van der Waals surface area contributed by atoms with Crippen LogP contribution in [0.3, 0.4) is 0 Å². The van der Waals surface area contributed by atoms with E-state index in [9.17, 15) is 4.79 Å². The summed E-state index contributed by atoms with van der Waals surface area (Å²) in [4.78, 5) is 15.5. The number of rotatable bonds is 2. The standard InChI is InChI=1S/C19H30N2O/c22-18(21-16-1-2-17(21)12-20-4-3-16)11-19-8-13-5-14(9-19)7-15(6-13)10-19/h13-17,20H,1-12H2. The molecule has 2 aliphatic heterocycles. The Balaban J connectivity index is 1.34. The average Bonchev–Trinajstić information content (AvgIpc) is 2.70. The van der Waals surface area contributed by atoms with Gasteiger partial charge in [-0.3, -0.25) is 4.79 Å². The summed E-state index contributed by atoms with van der Waals surface area (Å²) in [5.74, 6) is 3.39. The monoisotopic (exact) mass is 302 g/mol. The molecule has 0 radical (unpaired) electrons. The molecule has 2 unspecified atom stereocenters. The molecule has 3 nitrogen and oxygen atoms in total. The average molecular weight is 302 g/mol. The third kappa shape index (κ3) is 2.15. The van der Waals surface area contributed by atoms with Crippen molar-refractivity contribution in [3.63, 3.8) is 0 Å². The summed E-state index contributed by atoms with van der Waals surface area (Å²) in [6, 6.07) is 1.04. The second-order valence-corrected chi connectivity index (χ2v) is 9.27. The maximum atomic E-state index is 13.2. The number of carbonyl (C=O) groups is 1. The number of carbonyl (C=O) groups excluding carboxylic acids is 1. The minimum atomic E-state index is 0.408. The van der Waals surface area contributed by atoms with E-state index >= 15 is 0 Å². The van der Waals surface area contributed by atoms with E-state index in [0.717, 1.165) is 37.3 Å². The van der Waals surface area contributed by atoms with Crippen molar-refractivity contribution in [3.05, 3.63) is 0 Å². The number of hydrogen-bond donors (Lipinski definition) is 1. The molecule has 1 amide bonds. The SMILES string of the molecule is O=C(CC12CC3CC(CC(C3)C1)C2)N1C2CCNCC1CC2. The number of nitrogens with one attached hydrogen (secondary N) is 1. The van der Waals surface area contributed by atoms with Crippen LogP contribution in [-0.4, -0.2) is 36.0 Å². The highest BCUT2D eigenvalue weighted by molar-refractivity contribution is 5.78.